The van der Waals surface area contributed by atoms with E-state index in [1.165, 1.54) is 11.8 Å². The summed E-state index contributed by atoms with van der Waals surface area (Å²) >= 11 is 1.21. The van der Waals surface area contributed by atoms with Crippen LogP contribution < -0.4 is 0 Å². The highest BCUT2D eigenvalue weighted by atomic mass is 32.2. The zero-order valence-electron chi connectivity index (χ0n) is 3.92. The van der Waals surface area contributed by atoms with Crippen LogP contribution in [0.5, 0.6) is 0 Å². The molecule has 0 atom stereocenters. The second-order valence-corrected chi connectivity index (χ2v) is 1.73. The van der Waals surface area contributed by atoms with Crippen LogP contribution in [-0.4, -0.2) is 17.6 Å². The SMILES string of the molecule is CS/C(C=O)=C/O. The molecule has 0 amide bonds. The molecule has 2 nitrogen and oxygen atoms in total. The molecule has 0 unspecified atom stereocenters. The lowest BCUT2D eigenvalue weighted by atomic mass is 10.7. The maximum atomic E-state index is 9.72. The summed E-state index contributed by atoms with van der Waals surface area (Å²) in [6.45, 7) is 0. The number of aliphatic hydroxyl groups is 1. The highest BCUT2D eigenvalue weighted by molar-refractivity contribution is 8.03. The zero-order valence-corrected chi connectivity index (χ0v) is 4.73. The third-order valence-electron chi connectivity index (χ3n) is 0.479. The van der Waals surface area contributed by atoms with Crippen LogP contribution in [0.25, 0.3) is 0 Å². The average molecular weight is 118 g/mol. The van der Waals surface area contributed by atoms with Crippen molar-refractivity contribution in [1.29, 1.82) is 0 Å². The van der Waals surface area contributed by atoms with E-state index in [1.54, 1.807) is 6.26 Å². The van der Waals surface area contributed by atoms with Gasteiger partial charge in [0.15, 0.2) is 6.29 Å². The maximum absolute atomic E-state index is 9.72. The number of hydrogen-bond donors (Lipinski definition) is 1. The van der Waals surface area contributed by atoms with E-state index in [0.29, 0.717) is 11.2 Å². The van der Waals surface area contributed by atoms with E-state index in [1.807, 2.05) is 0 Å². The van der Waals surface area contributed by atoms with Gasteiger partial charge in [0, 0.05) is 0 Å². The van der Waals surface area contributed by atoms with Gasteiger partial charge in [-0.2, -0.15) is 0 Å². The predicted octanol–water partition coefficient (Wildman–Crippen LogP) is 0.948. The van der Waals surface area contributed by atoms with Gasteiger partial charge in [-0.05, 0) is 6.26 Å². The van der Waals surface area contributed by atoms with Crippen LogP contribution in [0.3, 0.4) is 0 Å². The highest BCUT2D eigenvalue weighted by Gasteiger charge is 1.85. The molecule has 0 radical (unpaired) electrons. The Morgan fingerprint density at radius 1 is 1.86 bits per heavy atom. The standard InChI is InChI=1S/C4H6O2S/c1-7-4(2-5)3-6/h2-3,5H,1H3/b4-2+. The number of carbonyl (C=O) groups excluding carboxylic acids is 1. The number of rotatable bonds is 2. The lowest BCUT2D eigenvalue weighted by Crippen LogP contribution is -1.73. The van der Waals surface area contributed by atoms with Gasteiger partial charge < -0.3 is 5.11 Å². The van der Waals surface area contributed by atoms with Crippen LogP contribution in [0.4, 0.5) is 0 Å². The maximum Gasteiger partial charge on any atom is 0.159 e. The molecule has 0 bridgehead atoms. The Labute approximate surface area is 46.2 Å². The van der Waals surface area contributed by atoms with Crippen molar-refractivity contribution < 1.29 is 9.90 Å². The van der Waals surface area contributed by atoms with Crippen molar-refractivity contribution in [3.05, 3.63) is 11.2 Å². The van der Waals surface area contributed by atoms with Crippen molar-refractivity contribution in [3.8, 4) is 0 Å². The largest absolute Gasteiger partial charge is 0.514 e. The summed E-state index contributed by atoms with van der Waals surface area (Å²) in [5.74, 6) is 0. The van der Waals surface area contributed by atoms with Crippen LogP contribution >= 0.6 is 11.8 Å². The number of carbonyl (C=O) groups is 1. The highest BCUT2D eigenvalue weighted by Crippen LogP contribution is 2.04. The summed E-state index contributed by atoms with van der Waals surface area (Å²) < 4.78 is 0. The predicted molar refractivity (Wildman–Crippen MR) is 30.3 cm³/mol. The van der Waals surface area contributed by atoms with Gasteiger partial charge >= 0.3 is 0 Å². The average Bonchev–Trinajstić information content (AvgIpc) is 1.72. The van der Waals surface area contributed by atoms with Gasteiger partial charge in [0.25, 0.3) is 0 Å². The molecule has 0 aromatic rings. The van der Waals surface area contributed by atoms with E-state index >= 15 is 0 Å². The first-order valence-corrected chi connectivity index (χ1v) is 2.91. The van der Waals surface area contributed by atoms with Crippen molar-refractivity contribution in [2.24, 2.45) is 0 Å². The minimum absolute atomic E-state index is 0.347. The van der Waals surface area contributed by atoms with Gasteiger partial charge in [0.05, 0.1) is 11.2 Å². The first kappa shape index (κ1) is 6.56. The second-order valence-electron chi connectivity index (χ2n) is 0.853. The molecule has 1 N–H and O–H groups in total. The summed E-state index contributed by atoms with van der Waals surface area (Å²) in [6.07, 6.45) is 3.11. The Kier molecular flexibility index (Phi) is 3.50. The molecule has 0 aromatic heterocycles. The van der Waals surface area contributed by atoms with Crippen LogP contribution in [0.1, 0.15) is 0 Å². The Hall–Kier alpha value is -0.440. The van der Waals surface area contributed by atoms with Gasteiger partial charge in [-0.1, -0.05) is 0 Å². The molecule has 0 aliphatic carbocycles. The normalized spacial score (nSPS) is 11.3. The molecule has 3 heteroatoms. The van der Waals surface area contributed by atoms with Crippen molar-refractivity contribution in [3.63, 3.8) is 0 Å². The van der Waals surface area contributed by atoms with E-state index in [0.717, 1.165) is 6.26 Å². The summed E-state index contributed by atoms with van der Waals surface area (Å²) in [5.41, 5.74) is 0. The summed E-state index contributed by atoms with van der Waals surface area (Å²) in [6, 6.07) is 0. The fourth-order valence-electron chi connectivity index (χ4n) is 0.131. The first-order valence-electron chi connectivity index (χ1n) is 1.68. The molecule has 7 heavy (non-hydrogen) atoms. The minimum atomic E-state index is 0.347. The lowest BCUT2D eigenvalue weighted by Gasteiger charge is -1.82. The molecule has 0 spiro atoms. The summed E-state index contributed by atoms with van der Waals surface area (Å²) in [7, 11) is 0. The fourth-order valence-corrected chi connectivity index (χ4v) is 0.333. The third-order valence-corrected chi connectivity index (χ3v) is 1.15. The quantitative estimate of drug-likeness (QED) is 0.333. The number of thioether (sulfide) groups is 1. The van der Waals surface area contributed by atoms with Gasteiger partial charge in [0.2, 0.25) is 0 Å². The van der Waals surface area contributed by atoms with Crippen molar-refractivity contribution in [1.82, 2.24) is 0 Å². The lowest BCUT2D eigenvalue weighted by molar-refractivity contribution is -0.104. The summed E-state index contributed by atoms with van der Waals surface area (Å²) in [4.78, 5) is 10.1. The van der Waals surface area contributed by atoms with Gasteiger partial charge in [-0.15, -0.1) is 11.8 Å². The number of hydrogen-bond acceptors (Lipinski definition) is 3. The van der Waals surface area contributed by atoms with Crippen LogP contribution in [0, 0.1) is 0 Å². The third kappa shape index (κ3) is 2.28. The molecule has 0 saturated carbocycles. The van der Waals surface area contributed by atoms with E-state index in [4.69, 9.17) is 5.11 Å². The minimum Gasteiger partial charge on any atom is -0.514 e. The molecule has 0 aliphatic rings. The number of aldehydes is 1. The van der Waals surface area contributed by atoms with Gasteiger partial charge in [-0.3, -0.25) is 4.79 Å². The van der Waals surface area contributed by atoms with Crippen molar-refractivity contribution >= 4 is 18.0 Å². The zero-order chi connectivity index (χ0) is 5.70. The first-order chi connectivity index (χ1) is 3.35. The van der Waals surface area contributed by atoms with E-state index < -0.39 is 0 Å². The van der Waals surface area contributed by atoms with Crippen LogP contribution in [0.2, 0.25) is 0 Å². The molecule has 0 heterocycles. The molecular weight excluding hydrogens is 112 g/mol. The molecule has 0 saturated heterocycles. The van der Waals surface area contributed by atoms with Gasteiger partial charge in [-0.25, -0.2) is 0 Å². The molecule has 40 valence electrons. The number of aliphatic hydroxyl groups excluding tert-OH is 1. The topological polar surface area (TPSA) is 37.3 Å². The summed E-state index contributed by atoms with van der Waals surface area (Å²) in [5, 5.41) is 8.11. The molecular formula is C4H6O2S. The Balaban J connectivity index is 3.60. The van der Waals surface area contributed by atoms with E-state index in [9.17, 15) is 4.79 Å². The van der Waals surface area contributed by atoms with E-state index in [2.05, 4.69) is 0 Å². The Bertz CT molecular complexity index is 87.7. The molecule has 0 aliphatic heterocycles. The van der Waals surface area contributed by atoms with Gasteiger partial charge in [0.1, 0.15) is 0 Å². The molecule has 0 aromatic carbocycles. The van der Waals surface area contributed by atoms with E-state index in [-0.39, 0.29) is 0 Å². The second kappa shape index (κ2) is 3.74. The smallest absolute Gasteiger partial charge is 0.159 e. The van der Waals surface area contributed by atoms with Crippen LogP contribution in [-0.2, 0) is 4.79 Å². The van der Waals surface area contributed by atoms with Crippen molar-refractivity contribution in [2.75, 3.05) is 6.26 Å². The Morgan fingerprint density at radius 3 is 2.43 bits per heavy atom. The monoisotopic (exact) mass is 118 g/mol. The fraction of sp³-hybridized carbons (Fsp3) is 0.250. The molecule has 0 rings (SSSR count). The Morgan fingerprint density at radius 2 is 2.43 bits per heavy atom. The number of allylic oxidation sites excluding steroid dienone is 1. The van der Waals surface area contributed by atoms with Crippen LogP contribution in [0.15, 0.2) is 11.2 Å². The molecule has 0 fully saturated rings. The van der Waals surface area contributed by atoms with Crippen molar-refractivity contribution in [2.45, 2.75) is 0 Å².